The van der Waals surface area contributed by atoms with Crippen LogP contribution in [-0.2, 0) is 22.6 Å². The Morgan fingerprint density at radius 2 is 2.03 bits per heavy atom. The molecular weight excluding hydrogens is 369 g/mol. The fourth-order valence-electron chi connectivity index (χ4n) is 3.74. The second kappa shape index (κ2) is 10.7. The van der Waals surface area contributed by atoms with E-state index < -0.39 is 0 Å². The maximum atomic E-state index is 13.6. The van der Waals surface area contributed by atoms with Crippen LogP contribution in [0, 0.1) is 11.7 Å². The standard InChI is InChI=1S/C23H28FN3O2/c24-21-8-2-1-7-20(21)16-26-22(28)11-9-19-6-4-14-27(17-19)23(29)12-10-18-5-3-13-25-15-18/h1-3,5,7-8,13,15,19H,4,6,9-12,14,16-17H2,(H,26,28)/t19-/m1/s1. The van der Waals surface area contributed by atoms with Gasteiger partial charge in [-0.2, -0.15) is 0 Å². The molecule has 1 N–H and O–H groups in total. The highest BCUT2D eigenvalue weighted by atomic mass is 19.1. The van der Waals surface area contributed by atoms with Crippen LogP contribution in [0.1, 0.15) is 43.2 Å². The minimum atomic E-state index is -0.305. The van der Waals surface area contributed by atoms with E-state index in [9.17, 15) is 14.0 Å². The van der Waals surface area contributed by atoms with Crippen LogP contribution >= 0.6 is 0 Å². The first kappa shape index (κ1) is 21.0. The van der Waals surface area contributed by atoms with Crippen molar-refractivity contribution in [1.82, 2.24) is 15.2 Å². The fourth-order valence-corrected chi connectivity index (χ4v) is 3.74. The predicted octanol–water partition coefficient (Wildman–Crippen LogP) is 3.49. The van der Waals surface area contributed by atoms with Gasteiger partial charge in [0.1, 0.15) is 5.82 Å². The Labute approximate surface area is 171 Å². The van der Waals surface area contributed by atoms with E-state index in [2.05, 4.69) is 10.3 Å². The summed E-state index contributed by atoms with van der Waals surface area (Å²) < 4.78 is 13.6. The summed E-state index contributed by atoms with van der Waals surface area (Å²) in [6, 6.07) is 10.3. The van der Waals surface area contributed by atoms with Crippen molar-refractivity contribution in [3.8, 4) is 0 Å². The number of carbonyl (C=O) groups is 2. The van der Waals surface area contributed by atoms with Crippen LogP contribution in [0.5, 0.6) is 0 Å². The number of rotatable bonds is 8. The van der Waals surface area contributed by atoms with Crippen LogP contribution in [-0.4, -0.2) is 34.8 Å². The van der Waals surface area contributed by atoms with Gasteiger partial charge in [-0.05, 0) is 49.3 Å². The Morgan fingerprint density at radius 3 is 2.83 bits per heavy atom. The largest absolute Gasteiger partial charge is 0.352 e. The molecule has 1 atom stereocenters. The van der Waals surface area contributed by atoms with E-state index in [4.69, 9.17) is 0 Å². The van der Waals surface area contributed by atoms with Crippen molar-refractivity contribution in [1.29, 1.82) is 0 Å². The number of likely N-dealkylation sites (tertiary alicyclic amines) is 1. The number of benzene rings is 1. The van der Waals surface area contributed by atoms with Gasteiger partial charge in [0.25, 0.3) is 0 Å². The third kappa shape index (κ3) is 6.66. The van der Waals surface area contributed by atoms with E-state index in [1.165, 1.54) is 6.07 Å². The van der Waals surface area contributed by atoms with Crippen LogP contribution in [0.15, 0.2) is 48.8 Å². The van der Waals surface area contributed by atoms with Crippen LogP contribution in [0.25, 0.3) is 0 Å². The number of aromatic nitrogens is 1. The number of nitrogens with one attached hydrogen (secondary N) is 1. The average Bonchev–Trinajstić information content (AvgIpc) is 2.76. The minimum Gasteiger partial charge on any atom is -0.352 e. The molecule has 2 aromatic rings. The van der Waals surface area contributed by atoms with Gasteiger partial charge in [-0.15, -0.1) is 0 Å². The van der Waals surface area contributed by atoms with Crippen molar-refractivity contribution in [3.63, 3.8) is 0 Å². The zero-order valence-electron chi connectivity index (χ0n) is 16.6. The number of piperidine rings is 1. The van der Waals surface area contributed by atoms with Gasteiger partial charge in [0, 0.05) is 50.4 Å². The zero-order chi connectivity index (χ0) is 20.5. The Bertz CT molecular complexity index is 813. The molecule has 29 heavy (non-hydrogen) atoms. The number of hydrogen-bond donors (Lipinski definition) is 1. The van der Waals surface area contributed by atoms with Crippen LogP contribution < -0.4 is 5.32 Å². The SMILES string of the molecule is O=C(CC[C@H]1CCCN(C(=O)CCc2cccnc2)C1)NCc1ccccc1F. The summed E-state index contributed by atoms with van der Waals surface area (Å²) in [6.45, 7) is 1.71. The first-order valence-electron chi connectivity index (χ1n) is 10.3. The van der Waals surface area contributed by atoms with Gasteiger partial charge in [-0.1, -0.05) is 24.3 Å². The van der Waals surface area contributed by atoms with Gasteiger partial charge in [0.05, 0.1) is 0 Å². The van der Waals surface area contributed by atoms with Crippen molar-refractivity contribution in [3.05, 3.63) is 65.7 Å². The van der Waals surface area contributed by atoms with Crippen molar-refractivity contribution in [2.45, 2.75) is 45.1 Å². The number of carbonyl (C=O) groups excluding carboxylic acids is 2. The van der Waals surface area contributed by atoms with Gasteiger partial charge in [-0.25, -0.2) is 4.39 Å². The van der Waals surface area contributed by atoms with E-state index in [0.717, 1.165) is 31.4 Å². The van der Waals surface area contributed by atoms with Crippen molar-refractivity contribution in [2.75, 3.05) is 13.1 Å². The van der Waals surface area contributed by atoms with E-state index in [-0.39, 0.29) is 24.2 Å². The summed E-state index contributed by atoms with van der Waals surface area (Å²) in [4.78, 5) is 30.7. The number of aryl methyl sites for hydroxylation is 1. The van der Waals surface area contributed by atoms with Crippen molar-refractivity contribution >= 4 is 11.8 Å². The number of pyridine rings is 1. The zero-order valence-corrected chi connectivity index (χ0v) is 16.6. The lowest BCUT2D eigenvalue weighted by molar-refractivity contribution is -0.133. The smallest absolute Gasteiger partial charge is 0.222 e. The lowest BCUT2D eigenvalue weighted by Crippen LogP contribution is -2.40. The summed E-state index contributed by atoms with van der Waals surface area (Å²) in [5, 5.41) is 2.79. The van der Waals surface area contributed by atoms with E-state index in [0.29, 0.717) is 37.3 Å². The molecule has 5 nitrogen and oxygen atoms in total. The molecule has 2 heterocycles. The van der Waals surface area contributed by atoms with Gasteiger partial charge < -0.3 is 10.2 Å². The van der Waals surface area contributed by atoms with Gasteiger partial charge >= 0.3 is 0 Å². The third-order valence-corrected chi connectivity index (χ3v) is 5.44. The first-order valence-corrected chi connectivity index (χ1v) is 10.3. The molecule has 0 unspecified atom stereocenters. The van der Waals surface area contributed by atoms with E-state index in [1.807, 2.05) is 17.0 Å². The number of hydrogen-bond acceptors (Lipinski definition) is 3. The Kier molecular flexibility index (Phi) is 7.73. The number of amides is 2. The highest BCUT2D eigenvalue weighted by molar-refractivity contribution is 5.77. The van der Waals surface area contributed by atoms with Gasteiger partial charge in [0.15, 0.2) is 0 Å². The van der Waals surface area contributed by atoms with E-state index in [1.54, 1.807) is 30.6 Å². The van der Waals surface area contributed by atoms with Gasteiger partial charge in [0.2, 0.25) is 11.8 Å². The topological polar surface area (TPSA) is 62.3 Å². The number of halogens is 1. The van der Waals surface area contributed by atoms with Crippen LogP contribution in [0.2, 0.25) is 0 Å². The molecule has 1 fully saturated rings. The molecular formula is C23H28FN3O2. The van der Waals surface area contributed by atoms with Crippen LogP contribution in [0.3, 0.4) is 0 Å². The monoisotopic (exact) mass is 397 g/mol. The molecule has 0 radical (unpaired) electrons. The van der Waals surface area contributed by atoms with Gasteiger partial charge in [-0.3, -0.25) is 14.6 Å². The molecule has 6 heteroatoms. The molecule has 1 saturated heterocycles. The first-order chi connectivity index (χ1) is 14.1. The summed E-state index contributed by atoms with van der Waals surface area (Å²) in [6.07, 6.45) is 7.87. The van der Waals surface area contributed by atoms with Crippen molar-refractivity contribution in [2.24, 2.45) is 5.92 Å². The molecule has 154 valence electrons. The highest BCUT2D eigenvalue weighted by Gasteiger charge is 2.23. The second-order valence-electron chi connectivity index (χ2n) is 7.62. The normalized spacial score (nSPS) is 16.4. The molecule has 1 aromatic heterocycles. The second-order valence-corrected chi connectivity index (χ2v) is 7.62. The number of nitrogens with zero attached hydrogens (tertiary/aromatic N) is 2. The summed E-state index contributed by atoms with van der Waals surface area (Å²) in [7, 11) is 0. The van der Waals surface area contributed by atoms with Crippen molar-refractivity contribution < 1.29 is 14.0 Å². The lowest BCUT2D eigenvalue weighted by Gasteiger charge is -2.33. The maximum absolute atomic E-state index is 13.6. The molecule has 0 bridgehead atoms. The average molecular weight is 397 g/mol. The molecule has 3 rings (SSSR count). The quantitative estimate of drug-likeness (QED) is 0.742. The molecule has 1 aliphatic heterocycles. The fraction of sp³-hybridized carbons (Fsp3) is 0.435. The Balaban J connectivity index is 1.38. The molecule has 1 aromatic carbocycles. The third-order valence-electron chi connectivity index (χ3n) is 5.44. The summed E-state index contributed by atoms with van der Waals surface area (Å²) in [5.41, 5.74) is 1.56. The Morgan fingerprint density at radius 1 is 1.17 bits per heavy atom. The summed E-state index contributed by atoms with van der Waals surface area (Å²) in [5.74, 6) is 0.127. The Hall–Kier alpha value is -2.76. The summed E-state index contributed by atoms with van der Waals surface area (Å²) >= 11 is 0. The van der Waals surface area contributed by atoms with E-state index >= 15 is 0 Å². The minimum absolute atomic E-state index is 0.0757. The van der Waals surface area contributed by atoms with Crippen LogP contribution in [0.4, 0.5) is 4.39 Å². The highest BCUT2D eigenvalue weighted by Crippen LogP contribution is 2.22. The molecule has 0 spiro atoms. The molecule has 0 aliphatic carbocycles. The molecule has 1 aliphatic rings. The molecule has 2 amide bonds. The lowest BCUT2D eigenvalue weighted by atomic mass is 9.93. The molecule has 0 saturated carbocycles. The maximum Gasteiger partial charge on any atom is 0.222 e. The predicted molar refractivity (Wildman–Crippen MR) is 109 cm³/mol.